The maximum Gasteiger partial charge on any atom is 0.337 e. The molecule has 1 amide bonds. The third kappa shape index (κ3) is 4.84. The van der Waals surface area contributed by atoms with Crippen molar-refractivity contribution in [1.82, 2.24) is 5.32 Å². The highest BCUT2D eigenvalue weighted by atomic mass is 16.5. The summed E-state index contributed by atoms with van der Waals surface area (Å²) in [4.78, 5) is 22.7. The molecule has 0 aliphatic carbocycles. The minimum Gasteiger partial charge on any atom is -0.485 e. The van der Waals surface area contributed by atoms with Crippen molar-refractivity contribution in [3.8, 4) is 5.75 Å². The molecule has 7 heteroatoms. The van der Waals surface area contributed by atoms with E-state index in [0.29, 0.717) is 5.76 Å². The minimum atomic E-state index is -2.04. The molecule has 0 spiro atoms. The molecule has 3 N–H and O–H groups in total. The van der Waals surface area contributed by atoms with Crippen LogP contribution >= 0.6 is 0 Å². The Bertz CT molecular complexity index is 778. The molecule has 1 atom stereocenters. The van der Waals surface area contributed by atoms with Crippen LogP contribution < -0.4 is 10.1 Å². The van der Waals surface area contributed by atoms with Gasteiger partial charge in [-0.05, 0) is 44.5 Å². The van der Waals surface area contributed by atoms with Gasteiger partial charge in [-0.15, -0.1) is 0 Å². The van der Waals surface area contributed by atoms with Crippen LogP contribution in [0.3, 0.4) is 0 Å². The lowest BCUT2D eigenvalue weighted by Gasteiger charge is -2.17. The number of aliphatic hydroxyl groups is 1. The van der Waals surface area contributed by atoms with Crippen LogP contribution in [-0.4, -0.2) is 34.2 Å². The van der Waals surface area contributed by atoms with Crippen LogP contribution in [0.1, 0.15) is 34.4 Å². The van der Waals surface area contributed by atoms with Crippen LogP contribution in [0.5, 0.6) is 5.75 Å². The molecule has 2 rings (SSSR count). The average molecular weight is 347 g/mol. The molecular weight excluding hydrogens is 326 g/mol. The number of hydrogen-bond acceptors (Lipinski definition) is 5. The Kier molecular flexibility index (Phi) is 5.48. The predicted molar refractivity (Wildman–Crippen MR) is 89.5 cm³/mol. The Morgan fingerprint density at radius 3 is 2.60 bits per heavy atom. The first kappa shape index (κ1) is 18.5. The monoisotopic (exact) mass is 347 g/mol. The van der Waals surface area contributed by atoms with Crippen molar-refractivity contribution in [2.45, 2.75) is 33.0 Å². The van der Waals surface area contributed by atoms with Crippen LogP contribution in [0, 0.1) is 13.8 Å². The van der Waals surface area contributed by atoms with Crippen LogP contribution in [0.25, 0.3) is 0 Å². The zero-order chi connectivity index (χ0) is 18.6. The Hall–Kier alpha value is -2.80. The molecule has 0 saturated carbocycles. The summed E-state index contributed by atoms with van der Waals surface area (Å²) < 4.78 is 11.1. The number of carboxylic acid groups (broad SMARTS) is 1. The highest BCUT2D eigenvalue weighted by Crippen LogP contribution is 2.20. The van der Waals surface area contributed by atoms with Gasteiger partial charge in [-0.2, -0.15) is 0 Å². The van der Waals surface area contributed by atoms with Crippen molar-refractivity contribution in [2.75, 3.05) is 6.54 Å². The molecule has 0 bridgehead atoms. The number of hydrogen-bond donors (Lipinski definition) is 3. The number of benzene rings is 1. The van der Waals surface area contributed by atoms with Gasteiger partial charge in [0.25, 0.3) is 5.91 Å². The second-order valence-electron chi connectivity index (χ2n) is 6.09. The Morgan fingerprint density at radius 1 is 1.24 bits per heavy atom. The fraction of sp³-hybridized carbons (Fsp3) is 0.333. The molecule has 0 radical (unpaired) electrons. The number of carboxylic acids is 1. The SMILES string of the molecule is Cc1ccc(OCc2ccc(C(=O)NCC(C)(O)C(=O)O)o2)c(C)c1. The molecule has 0 saturated heterocycles. The minimum absolute atomic E-state index is 0.0143. The molecule has 25 heavy (non-hydrogen) atoms. The third-order valence-electron chi connectivity index (χ3n) is 3.64. The zero-order valence-corrected chi connectivity index (χ0v) is 14.3. The summed E-state index contributed by atoms with van der Waals surface area (Å²) in [6, 6.07) is 8.89. The van der Waals surface area contributed by atoms with Gasteiger partial charge in [-0.1, -0.05) is 17.7 Å². The van der Waals surface area contributed by atoms with Gasteiger partial charge < -0.3 is 24.7 Å². The molecule has 1 aromatic heterocycles. The van der Waals surface area contributed by atoms with E-state index in [1.807, 2.05) is 32.0 Å². The number of nitrogens with one attached hydrogen (secondary N) is 1. The highest BCUT2D eigenvalue weighted by Gasteiger charge is 2.30. The van der Waals surface area contributed by atoms with Crippen LogP contribution in [0.4, 0.5) is 0 Å². The van der Waals surface area contributed by atoms with E-state index in [9.17, 15) is 14.7 Å². The summed E-state index contributed by atoms with van der Waals surface area (Å²) >= 11 is 0. The summed E-state index contributed by atoms with van der Waals surface area (Å²) in [7, 11) is 0. The second-order valence-corrected chi connectivity index (χ2v) is 6.09. The van der Waals surface area contributed by atoms with E-state index in [2.05, 4.69) is 5.32 Å². The Morgan fingerprint density at radius 2 is 1.96 bits per heavy atom. The molecule has 2 aromatic rings. The number of carbonyl (C=O) groups is 2. The van der Waals surface area contributed by atoms with Gasteiger partial charge in [-0.3, -0.25) is 4.79 Å². The fourth-order valence-corrected chi connectivity index (χ4v) is 2.10. The second kappa shape index (κ2) is 7.40. The van der Waals surface area contributed by atoms with Gasteiger partial charge in [0.1, 0.15) is 18.1 Å². The first-order valence-electron chi connectivity index (χ1n) is 7.72. The maximum absolute atomic E-state index is 11.9. The lowest BCUT2D eigenvalue weighted by atomic mass is 10.1. The molecule has 1 heterocycles. The molecule has 0 aliphatic rings. The normalized spacial score (nSPS) is 13.1. The predicted octanol–water partition coefficient (Wildman–Crippen LogP) is 2.04. The third-order valence-corrected chi connectivity index (χ3v) is 3.64. The summed E-state index contributed by atoms with van der Waals surface area (Å²) in [5.41, 5.74) is 0.0939. The van der Waals surface area contributed by atoms with Gasteiger partial charge in [0.15, 0.2) is 11.4 Å². The Labute approximate surface area is 145 Å². The van der Waals surface area contributed by atoms with Crippen molar-refractivity contribution < 1.29 is 29.0 Å². The van der Waals surface area contributed by atoms with Gasteiger partial charge in [0.2, 0.25) is 0 Å². The highest BCUT2D eigenvalue weighted by molar-refractivity contribution is 5.92. The van der Waals surface area contributed by atoms with Gasteiger partial charge in [-0.25, -0.2) is 4.79 Å². The van der Waals surface area contributed by atoms with E-state index >= 15 is 0 Å². The number of amides is 1. The van der Waals surface area contributed by atoms with Crippen molar-refractivity contribution in [2.24, 2.45) is 0 Å². The number of ether oxygens (including phenoxy) is 1. The van der Waals surface area contributed by atoms with E-state index in [1.165, 1.54) is 6.07 Å². The van der Waals surface area contributed by atoms with E-state index in [1.54, 1.807) is 6.07 Å². The van der Waals surface area contributed by atoms with Crippen molar-refractivity contribution >= 4 is 11.9 Å². The van der Waals surface area contributed by atoms with E-state index in [4.69, 9.17) is 14.3 Å². The summed E-state index contributed by atoms with van der Waals surface area (Å²) in [6.07, 6.45) is 0. The van der Waals surface area contributed by atoms with E-state index < -0.39 is 24.0 Å². The zero-order valence-electron chi connectivity index (χ0n) is 14.3. The number of carbonyl (C=O) groups excluding carboxylic acids is 1. The first-order chi connectivity index (χ1) is 11.7. The number of aryl methyl sites for hydroxylation is 2. The quantitative estimate of drug-likeness (QED) is 0.707. The topological polar surface area (TPSA) is 109 Å². The molecule has 134 valence electrons. The van der Waals surface area contributed by atoms with Crippen LogP contribution in [0.2, 0.25) is 0 Å². The van der Waals surface area contributed by atoms with E-state index in [-0.39, 0.29) is 12.4 Å². The average Bonchev–Trinajstić information content (AvgIpc) is 3.00. The largest absolute Gasteiger partial charge is 0.485 e. The molecule has 1 aromatic carbocycles. The smallest absolute Gasteiger partial charge is 0.337 e. The molecule has 7 nitrogen and oxygen atoms in total. The summed E-state index contributed by atoms with van der Waals surface area (Å²) in [5, 5.41) is 20.7. The lowest BCUT2D eigenvalue weighted by Crippen LogP contribution is -2.46. The molecular formula is C18H21NO6. The lowest BCUT2D eigenvalue weighted by molar-refractivity contribution is -0.155. The van der Waals surface area contributed by atoms with Crippen LogP contribution in [0.15, 0.2) is 34.7 Å². The van der Waals surface area contributed by atoms with Gasteiger partial charge in [0, 0.05) is 0 Å². The van der Waals surface area contributed by atoms with Crippen molar-refractivity contribution in [1.29, 1.82) is 0 Å². The molecule has 1 unspecified atom stereocenters. The van der Waals surface area contributed by atoms with Gasteiger partial charge in [0.05, 0.1) is 6.54 Å². The van der Waals surface area contributed by atoms with Crippen molar-refractivity contribution in [3.63, 3.8) is 0 Å². The standard InChI is InChI=1S/C18H21NO6/c1-11-4-6-14(12(2)8-11)24-9-13-5-7-15(25-13)16(20)19-10-18(3,23)17(21)22/h4-8,23H,9-10H2,1-3H3,(H,19,20)(H,21,22). The fourth-order valence-electron chi connectivity index (χ4n) is 2.10. The summed E-state index contributed by atoms with van der Waals surface area (Å²) in [5.74, 6) is -0.838. The molecule has 0 fully saturated rings. The maximum atomic E-state index is 11.9. The number of furan rings is 1. The van der Waals surface area contributed by atoms with Crippen LogP contribution in [-0.2, 0) is 11.4 Å². The first-order valence-corrected chi connectivity index (χ1v) is 7.72. The van der Waals surface area contributed by atoms with Gasteiger partial charge >= 0.3 is 5.97 Å². The Balaban J connectivity index is 1.93. The van der Waals surface area contributed by atoms with Crippen molar-refractivity contribution in [3.05, 3.63) is 53.0 Å². The number of rotatable bonds is 7. The summed E-state index contributed by atoms with van der Waals surface area (Å²) in [6.45, 7) is 4.76. The molecule has 0 aliphatic heterocycles. The van der Waals surface area contributed by atoms with E-state index in [0.717, 1.165) is 23.8 Å². The number of aliphatic carboxylic acids is 1.